The first-order chi connectivity index (χ1) is 14.7. The Kier molecular flexibility index (Phi) is 8.90. The summed E-state index contributed by atoms with van der Waals surface area (Å²) in [4.78, 5) is 15.9. The summed E-state index contributed by atoms with van der Waals surface area (Å²) >= 11 is 6.04. The number of hydrogen-bond donors (Lipinski definition) is 0. The first kappa shape index (κ1) is 22.5. The molecule has 6 heteroatoms. The van der Waals surface area contributed by atoms with E-state index >= 15 is 0 Å². The number of benzene rings is 2. The fraction of sp³-hybridized carbons (Fsp3) is 0.375. The number of carbonyl (C=O) groups is 1. The van der Waals surface area contributed by atoms with Crippen LogP contribution in [0.1, 0.15) is 5.56 Å². The maximum absolute atomic E-state index is 11.0. The van der Waals surface area contributed by atoms with Gasteiger partial charge in [0, 0.05) is 44.3 Å². The van der Waals surface area contributed by atoms with Crippen LogP contribution in [0.3, 0.4) is 0 Å². The molecule has 1 aliphatic rings. The second-order valence-electron chi connectivity index (χ2n) is 7.30. The van der Waals surface area contributed by atoms with Crippen molar-refractivity contribution in [2.45, 2.75) is 6.54 Å². The van der Waals surface area contributed by atoms with Crippen LogP contribution in [0.25, 0.3) is 11.1 Å². The van der Waals surface area contributed by atoms with Gasteiger partial charge < -0.3 is 9.47 Å². The molecule has 2 aromatic carbocycles. The van der Waals surface area contributed by atoms with E-state index in [-0.39, 0.29) is 12.6 Å². The summed E-state index contributed by atoms with van der Waals surface area (Å²) in [5.74, 6) is -0.350. The molecule has 0 unspecified atom stereocenters. The van der Waals surface area contributed by atoms with E-state index in [2.05, 4.69) is 57.0 Å². The highest BCUT2D eigenvalue weighted by atomic mass is 35.5. The molecule has 3 rings (SSSR count). The minimum atomic E-state index is -0.350. The van der Waals surface area contributed by atoms with Gasteiger partial charge in [0.2, 0.25) is 0 Å². The maximum Gasteiger partial charge on any atom is 0.331 e. The van der Waals surface area contributed by atoms with Crippen LogP contribution in [0, 0.1) is 0 Å². The van der Waals surface area contributed by atoms with Gasteiger partial charge in [-0.3, -0.25) is 9.80 Å². The fourth-order valence-corrected chi connectivity index (χ4v) is 3.63. The molecule has 0 N–H and O–H groups in total. The average Bonchev–Trinajstić information content (AvgIpc) is 2.78. The van der Waals surface area contributed by atoms with Crippen molar-refractivity contribution >= 4 is 17.6 Å². The van der Waals surface area contributed by atoms with Gasteiger partial charge in [-0.1, -0.05) is 60.2 Å². The number of esters is 1. The zero-order chi connectivity index (χ0) is 21.2. The molecule has 160 valence electrons. The van der Waals surface area contributed by atoms with Crippen LogP contribution in [-0.2, 0) is 20.8 Å². The van der Waals surface area contributed by atoms with E-state index < -0.39 is 0 Å². The van der Waals surface area contributed by atoms with E-state index in [0.717, 1.165) is 44.3 Å². The molecular formula is C24H29ClN2O3. The molecule has 0 atom stereocenters. The lowest BCUT2D eigenvalue weighted by Crippen LogP contribution is -2.45. The summed E-state index contributed by atoms with van der Waals surface area (Å²) in [6.45, 7) is 6.43. The molecule has 2 aromatic rings. The van der Waals surface area contributed by atoms with Crippen molar-refractivity contribution in [2.24, 2.45) is 0 Å². The fourth-order valence-electron chi connectivity index (χ4n) is 3.50. The predicted molar refractivity (Wildman–Crippen MR) is 121 cm³/mol. The van der Waals surface area contributed by atoms with Crippen LogP contribution in [0.4, 0.5) is 0 Å². The number of rotatable bonds is 9. The molecule has 5 nitrogen and oxygen atoms in total. The van der Waals surface area contributed by atoms with Gasteiger partial charge in [0.25, 0.3) is 0 Å². The number of hydrogen-bond acceptors (Lipinski definition) is 5. The Hall–Kier alpha value is -2.18. The number of ether oxygens (including phenoxy) is 2. The maximum atomic E-state index is 11.0. The smallest absolute Gasteiger partial charge is 0.331 e. The summed E-state index contributed by atoms with van der Waals surface area (Å²) in [5.41, 5.74) is 3.82. The number of nitrogens with zero attached hydrogens (tertiary/aromatic N) is 2. The van der Waals surface area contributed by atoms with Gasteiger partial charge in [-0.05, 0) is 28.8 Å². The molecule has 0 spiro atoms. The molecule has 0 bridgehead atoms. The molecule has 1 aliphatic heterocycles. The van der Waals surface area contributed by atoms with Crippen molar-refractivity contribution in [3.8, 4) is 11.1 Å². The second kappa shape index (κ2) is 11.9. The van der Waals surface area contributed by atoms with E-state index in [4.69, 9.17) is 16.3 Å². The molecule has 0 radical (unpaired) electrons. The molecular weight excluding hydrogens is 400 g/mol. The van der Waals surface area contributed by atoms with Crippen molar-refractivity contribution < 1.29 is 14.3 Å². The summed E-state index contributed by atoms with van der Waals surface area (Å²) in [5, 5.41) is 0.761. The molecule has 0 aliphatic carbocycles. The summed E-state index contributed by atoms with van der Waals surface area (Å²) in [6.07, 6.45) is 4.06. The van der Waals surface area contributed by atoms with Gasteiger partial charge >= 0.3 is 5.97 Å². The van der Waals surface area contributed by atoms with E-state index in [1.807, 2.05) is 18.2 Å². The van der Waals surface area contributed by atoms with Crippen molar-refractivity contribution in [2.75, 3.05) is 53.0 Å². The standard InChI is InChI=1S/C24H29ClN2O3/c1-29-24(28)19-30-17-5-4-12-26-13-15-27(16-14-26)18-21-6-2-3-7-23(21)20-8-10-22(25)11-9-20/h2-11H,12-19H2,1H3. The first-order valence-electron chi connectivity index (χ1n) is 10.2. The molecule has 30 heavy (non-hydrogen) atoms. The lowest BCUT2D eigenvalue weighted by atomic mass is 9.99. The molecule has 1 fully saturated rings. The minimum absolute atomic E-state index is 0.00297. The number of methoxy groups -OCH3 is 1. The Balaban J connectivity index is 1.44. The quantitative estimate of drug-likeness (QED) is 0.344. The SMILES string of the molecule is COC(=O)COCC=CCN1CCN(Cc2ccccc2-c2ccc(Cl)cc2)CC1. The van der Waals surface area contributed by atoms with E-state index in [9.17, 15) is 4.79 Å². The predicted octanol–water partition coefficient (Wildman–Crippen LogP) is 3.87. The number of carbonyl (C=O) groups excluding carboxylic acids is 1. The second-order valence-corrected chi connectivity index (χ2v) is 7.74. The first-order valence-corrected chi connectivity index (χ1v) is 10.6. The summed E-state index contributed by atoms with van der Waals surface area (Å²) in [7, 11) is 1.36. The largest absolute Gasteiger partial charge is 0.467 e. The van der Waals surface area contributed by atoms with Gasteiger partial charge in [-0.15, -0.1) is 0 Å². The minimum Gasteiger partial charge on any atom is -0.467 e. The number of piperazine rings is 1. The Morgan fingerprint density at radius 2 is 1.70 bits per heavy atom. The normalized spacial score (nSPS) is 15.5. The topological polar surface area (TPSA) is 42.0 Å². The van der Waals surface area contributed by atoms with E-state index in [0.29, 0.717) is 6.61 Å². The van der Waals surface area contributed by atoms with E-state index in [1.54, 1.807) is 0 Å². The van der Waals surface area contributed by atoms with Crippen LogP contribution in [0.2, 0.25) is 5.02 Å². The molecule has 0 aromatic heterocycles. The van der Waals surface area contributed by atoms with Crippen LogP contribution < -0.4 is 0 Å². The molecule has 1 saturated heterocycles. The van der Waals surface area contributed by atoms with Crippen molar-refractivity contribution in [3.05, 3.63) is 71.3 Å². The van der Waals surface area contributed by atoms with Crippen molar-refractivity contribution in [1.82, 2.24) is 9.80 Å². The molecule has 0 amide bonds. The third-order valence-corrected chi connectivity index (χ3v) is 5.48. The Labute approximate surface area is 183 Å². The Morgan fingerprint density at radius 3 is 2.43 bits per heavy atom. The third kappa shape index (κ3) is 6.96. The highest BCUT2D eigenvalue weighted by Crippen LogP contribution is 2.26. The van der Waals surface area contributed by atoms with Crippen molar-refractivity contribution in [3.63, 3.8) is 0 Å². The third-order valence-electron chi connectivity index (χ3n) is 5.22. The highest BCUT2D eigenvalue weighted by molar-refractivity contribution is 6.30. The van der Waals surface area contributed by atoms with Crippen LogP contribution in [0.5, 0.6) is 0 Å². The van der Waals surface area contributed by atoms with Crippen LogP contribution >= 0.6 is 11.6 Å². The van der Waals surface area contributed by atoms with Crippen molar-refractivity contribution in [1.29, 1.82) is 0 Å². The zero-order valence-electron chi connectivity index (χ0n) is 17.4. The summed E-state index contributed by atoms with van der Waals surface area (Å²) < 4.78 is 9.75. The number of halogens is 1. The zero-order valence-corrected chi connectivity index (χ0v) is 18.2. The Bertz CT molecular complexity index is 831. The summed E-state index contributed by atoms with van der Waals surface area (Å²) in [6, 6.07) is 16.7. The highest BCUT2D eigenvalue weighted by Gasteiger charge is 2.17. The van der Waals surface area contributed by atoms with Crippen LogP contribution in [0.15, 0.2) is 60.7 Å². The van der Waals surface area contributed by atoms with E-state index in [1.165, 1.54) is 23.8 Å². The monoisotopic (exact) mass is 428 g/mol. The van der Waals surface area contributed by atoms with Gasteiger partial charge in [-0.25, -0.2) is 4.79 Å². The lowest BCUT2D eigenvalue weighted by molar-refractivity contribution is -0.145. The molecule has 0 saturated carbocycles. The van der Waals surface area contributed by atoms with Gasteiger partial charge in [0.05, 0.1) is 13.7 Å². The van der Waals surface area contributed by atoms with Crippen LogP contribution in [-0.4, -0.2) is 68.8 Å². The Morgan fingerprint density at radius 1 is 1.00 bits per heavy atom. The van der Waals surface area contributed by atoms with Gasteiger partial charge in [-0.2, -0.15) is 0 Å². The van der Waals surface area contributed by atoms with Gasteiger partial charge in [0.1, 0.15) is 6.61 Å². The lowest BCUT2D eigenvalue weighted by Gasteiger charge is -2.34. The molecule has 1 heterocycles. The average molecular weight is 429 g/mol. The van der Waals surface area contributed by atoms with Gasteiger partial charge in [0.15, 0.2) is 0 Å².